The highest BCUT2D eigenvalue weighted by Gasteiger charge is 2.20. The minimum Gasteiger partial charge on any atom is -0.479 e. The molecule has 0 unspecified atom stereocenters. The lowest BCUT2D eigenvalue weighted by atomic mass is 10.2. The molecule has 0 aliphatic rings. The van der Waals surface area contributed by atoms with Crippen molar-refractivity contribution in [2.75, 3.05) is 5.32 Å². The lowest BCUT2D eigenvalue weighted by Gasteiger charge is -2.17. The number of aryl methyl sites for hydroxylation is 1. The Balaban J connectivity index is 2.04. The Hall–Kier alpha value is -1.82. The van der Waals surface area contributed by atoms with Crippen LogP contribution < -0.4 is 10.1 Å². The first-order valence-electron chi connectivity index (χ1n) is 6.25. The van der Waals surface area contributed by atoms with Crippen molar-refractivity contribution in [3.63, 3.8) is 0 Å². The fourth-order valence-corrected chi connectivity index (χ4v) is 2.03. The van der Waals surface area contributed by atoms with Crippen molar-refractivity contribution in [1.82, 2.24) is 5.16 Å². The van der Waals surface area contributed by atoms with E-state index < -0.39 is 6.10 Å². The molecular weight excluding hydrogens is 324 g/mol. The number of amides is 1. The summed E-state index contributed by atoms with van der Waals surface area (Å²) in [6.07, 6.45) is -0.0463. The molecule has 0 spiro atoms. The van der Waals surface area contributed by atoms with E-state index in [2.05, 4.69) is 26.4 Å². The molecule has 1 aromatic carbocycles. The van der Waals surface area contributed by atoms with Crippen molar-refractivity contribution in [3.8, 4) is 5.75 Å². The summed E-state index contributed by atoms with van der Waals surface area (Å²) in [5, 5.41) is 6.39. The largest absolute Gasteiger partial charge is 0.479 e. The topological polar surface area (TPSA) is 64.4 Å². The normalized spacial score (nSPS) is 11.9. The highest BCUT2D eigenvalue weighted by atomic mass is 79.9. The van der Waals surface area contributed by atoms with E-state index in [1.165, 1.54) is 0 Å². The zero-order valence-electron chi connectivity index (χ0n) is 11.2. The van der Waals surface area contributed by atoms with Crippen LogP contribution >= 0.6 is 15.9 Å². The van der Waals surface area contributed by atoms with E-state index in [1.54, 1.807) is 19.1 Å². The molecular formula is C14H15BrN2O3. The molecule has 1 heterocycles. The molecule has 2 rings (SSSR count). The average Bonchev–Trinajstić information content (AvgIpc) is 2.83. The number of nitrogens with one attached hydrogen (secondary N) is 1. The number of hydrogen-bond acceptors (Lipinski definition) is 4. The SMILES string of the molecule is CC[C@@H](Oc1ccccc1Br)C(=O)Nc1cc(C)on1. The number of nitrogens with zero attached hydrogens (tertiary/aromatic N) is 1. The first-order valence-corrected chi connectivity index (χ1v) is 7.04. The number of carbonyl (C=O) groups is 1. The molecule has 2 aromatic rings. The van der Waals surface area contributed by atoms with E-state index in [9.17, 15) is 4.79 Å². The summed E-state index contributed by atoms with van der Waals surface area (Å²) < 4.78 is 11.4. The lowest BCUT2D eigenvalue weighted by molar-refractivity contribution is -0.122. The summed E-state index contributed by atoms with van der Waals surface area (Å²) in [5.74, 6) is 1.41. The van der Waals surface area contributed by atoms with Gasteiger partial charge in [-0.15, -0.1) is 0 Å². The average molecular weight is 339 g/mol. The summed E-state index contributed by atoms with van der Waals surface area (Å²) in [7, 11) is 0. The van der Waals surface area contributed by atoms with Crippen molar-refractivity contribution in [2.45, 2.75) is 26.4 Å². The highest BCUT2D eigenvalue weighted by molar-refractivity contribution is 9.10. The van der Waals surface area contributed by atoms with E-state index in [1.807, 2.05) is 25.1 Å². The van der Waals surface area contributed by atoms with Crippen molar-refractivity contribution in [2.24, 2.45) is 0 Å². The molecule has 0 fully saturated rings. The maximum atomic E-state index is 12.1. The zero-order chi connectivity index (χ0) is 14.5. The smallest absolute Gasteiger partial charge is 0.266 e. The maximum absolute atomic E-state index is 12.1. The fourth-order valence-electron chi connectivity index (χ4n) is 1.65. The number of aromatic nitrogens is 1. The lowest BCUT2D eigenvalue weighted by Crippen LogP contribution is -2.32. The highest BCUT2D eigenvalue weighted by Crippen LogP contribution is 2.25. The van der Waals surface area contributed by atoms with Crippen molar-refractivity contribution in [1.29, 1.82) is 0 Å². The Morgan fingerprint density at radius 1 is 1.50 bits per heavy atom. The number of para-hydroxylation sites is 1. The van der Waals surface area contributed by atoms with Crippen LogP contribution in [-0.4, -0.2) is 17.2 Å². The van der Waals surface area contributed by atoms with E-state index in [0.717, 1.165) is 4.47 Å². The third-order valence-electron chi connectivity index (χ3n) is 2.65. The predicted molar refractivity (Wildman–Crippen MR) is 78.7 cm³/mol. The van der Waals surface area contributed by atoms with Crippen LogP contribution in [0.2, 0.25) is 0 Å². The van der Waals surface area contributed by atoms with Crippen LogP contribution in [-0.2, 0) is 4.79 Å². The van der Waals surface area contributed by atoms with Crippen LogP contribution in [0.5, 0.6) is 5.75 Å². The van der Waals surface area contributed by atoms with Crippen molar-refractivity contribution < 1.29 is 14.1 Å². The summed E-state index contributed by atoms with van der Waals surface area (Å²) in [6, 6.07) is 9.06. The van der Waals surface area contributed by atoms with Gasteiger partial charge in [-0.3, -0.25) is 4.79 Å². The molecule has 0 bridgehead atoms. The number of rotatable bonds is 5. The van der Waals surface area contributed by atoms with Gasteiger partial charge in [-0.05, 0) is 41.4 Å². The molecule has 106 valence electrons. The van der Waals surface area contributed by atoms with Gasteiger partial charge >= 0.3 is 0 Å². The summed E-state index contributed by atoms with van der Waals surface area (Å²) in [5.41, 5.74) is 0. The summed E-state index contributed by atoms with van der Waals surface area (Å²) >= 11 is 3.39. The molecule has 20 heavy (non-hydrogen) atoms. The van der Waals surface area contributed by atoms with Gasteiger partial charge in [-0.25, -0.2) is 0 Å². The number of halogens is 1. The minimum atomic E-state index is -0.592. The third-order valence-corrected chi connectivity index (χ3v) is 3.30. The van der Waals surface area contributed by atoms with Gasteiger partial charge in [-0.1, -0.05) is 24.2 Å². The molecule has 1 aromatic heterocycles. The van der Waals surface area contributed by atoms with Gasteiger partial charge in [-0.2, -0.15) is 0 Å². The maximum Gasteiger partial charge on any atom is 0.266 e. The van der Waals surface area contributed by atoms with Crippen molar-refractivity contribution in [3.05, 3.63) is 40.6 Å². The van der Waals surface area contributed by atoms with Crippen LogP contribution in [0.3, 0.4) is 0 Å². The van der Waals surface area contributed by atoms with Crippen molar-refractivity contribution >= 4 is 27.7 Å². The van der Waals surface area contributed by atoms with Crippen LogP contribution in [0.4, 0.5) is 5.82 Å². The molecule has 1 amide bonds. The zero-order valence-corrected chi connectivity index (χ0v) is 12.8. The molecule has 5 nitrogen and oxygen atoms in total. The van der Waals surface area contributed by atoms with Crippen LogP contribution in [0.25, 0.3) is 0 Å². The first kappa shape index (κ1) is 14.6. The molecule has 0 radical (unpaired) electrons. The van der Waals surface area contributed by atoms with Gasteiger partial charge in [0.15, 0.2) is 11.9 Å². The van der Waals surface area contributed by atoms with Gasteiger partial charge < -0.3 is 14.6 Å². The van der Waals surface area contributed by atoms with E-state index in [0.29, 0.717) is 23.7 Å². The van der Waals surface area contributed by atoms with E-state index in [4.69, 9.17) is 9.26 Å². The first-order chi connectivity index (χ1) is 9.60. The number of benzene rings is 1. The molecule has 0 saturated carbocycles. The second-order valence-corrected chi connectivity index (χ2v) is 5.11. The van der Waals surface area contributed by atoms with Gasteiger partial charge in [0.2, 0.25) is 0 Å². The van der Waals surface area contributed by atoms with E-state index >= 15 is 0 Å². The predicted octanol–water partition coefficient (Wildman–Crippen LogP) is 3.54. The number of anilines is 1. The van der Waals surface area contributed by atoms with Crippen LogP contribution in [0, 0.1) is 6.92 Å². The third kappa shape index (κ3) is 3.60. The Morgan fingerprint density at radius 3 is 2.85 bits per heavy atom. The van der Waals surface area contributed by atoms with Gasteiger partial charge in [0.25, 0.3) is 5.91 Å². The number of carbonyl (C=O) groups excluding carboxylic acids is 1. The monoisotopic (exact) mass is 338 g/mol. The quantitative estimate of drug-likeness (QED) is 0.905. The van der Waals surface area contributed by atoms with Gasteiger partial charge in [0.1, 0.15) is 11.5 Å². The van der Waals surface area contributed by atoms with Gasteiger partial charge in [0.05, 0.1) is 4.47 Å². The second kappa shape index (κ2) is 6.56. The molecule has 0 aliphatic carbocycles. The van der Waals surface area contributed by atoms with Crippen LogP contribution in [0.15, 0.2) is 39.3 Å². The summed E-state index contributed by atoms with van der Waals surface area (Å²) in [4.78, 5) is 12.1. The molecule has 6 heteroatoms. The molecule has 1 N–H and O–H groups in total. The Kier molecular flexibility index (Phi) is 4.79. The van der Waals surface area contributed by atoms with Crippen LogP contribution in [0.1, 0.15) is 19.1 Å². The fraction of sp³-hybridized carbons (Fsp3) is 0.286. The number of hydrogen-bond donors (Lipinski definition) is 1. The van der Waals surface area contributed by atoms with Gasteiger partial charge in [0, 0.05) is 6.07 Å². The Labute approximate surface area is 125 Å². The minimum absolute atomic E-state index is 0.253. The second-order valence-electron chi connectivity index (χ2n) is 4.26. The molecule has 0 saturated heterocycles. The Morgan fingerprint density at radius 2 is 2.25 bits per heavy atom. The molecule has 1 atom stereocenters. The summed E-state index contributed by atoms with van der Waals surface area (Å²) in [6.45, 7) is 3.65. The van der Waals surface area contributed by atoms with E-state index in [-0.39, 0.29) is 5.91 Å². The molecule has 0 aliphatic heterocycles. The number of ether oxygens (including phenoxy) is 1. The standard InChI is InChI=1S/C14H15BrN2O3/c1-3-11(19-12-7-5-4-6-10(12)15)14(18)16-13-8-9(2)20-17-13/h4-8,11H,3H2,1-2H3,(H,16,17,18)/t11-/m1/s1. The Bertz CT molecular complexity index is 598.